The zero-order valence-electron chi connectivity index (χ0n) is 24.0. The van der Waals surface area contributed by atoms with Crippen molar-refractivity contribution in [2.75, 3.05) is 31.7 Å². The Balaban J connectivity index is 1.55. The van der Waals surface area contributed by atoms with Gasteiger partial charge in [0.2, 0.25) is 0 Å². The van der Waals surface area contributed by atoms with Crippen molar-refractivity contribution in [3.63, 3.8) is 0 Å². The second-order valence-electron chi connectivity index (χ2n) is 10.4. The Hall–Kier alpha value is -4.43. The average Bonchev–Trinajstić information content (AvgIpc) is 3.65. The van der Waals surface area contributed by atoms with Gasteiger partial charge in [0.05, 0.1) is 35.6 Å². The van der Waals surface area contributed by atoms with E-state index in [2.05, 4.69) is 30.0 Å². The van der Waals surface area contributed by atoms with E-state index in [9.17, 15) is 9.59 Å². The van der Waals surface area contributed by atoms with Gasteiger partial charge in [0.1, 0.15) is 5.75 Å². The number of benzene rings is 3. The maximum atomic E-state index is 14.1. The molecule has 1 aromatic heterocycles. The highest BCUT2D eigenvalue weighted by molar-refractivity contribution is 7.07. The van der Waals surface area contributed by atoms with Crippen LogP contribution in [0.1, 0.15) is 48.1 Å². The fourth-order valence-corrected chi connectivity index (χ4v) is 6.78. The average molecular weight is 580 g/mol. The summed E-state index contributed by atoms with van der Waals surface area (Å²) < 4.78 is 13.1. The topological polar surface area (TPSA) is 73.1 Å². The van der Waals surface area contributed by atoms with Gasteiger partial charge in [-0.05, 0) is 73.7 Å². The monoisotopic (exact) mass is 579 g/mol. The molecule has 2 aliphatic heterocycles. The second-order valence-corrected chi connectivity index (χ2v) is 11.5. The van der Waals surface area contributed by atoms with E-state index < -0.39 is 12.0 Å². The number of aryl methyl sites for hydroxylation is 1. The lowest BCUT2D eigenvalue weighted by Gasteiger charge is -2.26. The van der Waals surface area contributed by atoms with Crippen molar-refractivity contribution in [1.29, 1.82) is 0 Å². The maximum absolute atomic E-state index is 14.1. The van der Waals surface area contributed by atoms with Crippen LogP contribution in [0.3, 0.4) is 0 Å². The molecule has 7 nitrogen and oxygen atoms in total. The zero-order chi connectivity index (χ0) is 29.2. The molecule has 0 unspecified atom stereocenters. The number of aromatic nitrogens is 1. The molecule has 4 aromatic rings. The van der Waals surface area contributed by atoms with Crippen molar-refractivity contribution in [2.24, 2.45) is 4.99 Å². The largest absolute Gasteiger partial charge is 0.497 e. The van der Waals surface area contributed by atoms with Gasteiger partial charge in [-0.1, -0.05) is 59.9 Å². The van der Waals surface area contributed by atoms with E-state index >= 15 is 0 Å². The smallest absolute Gasteiger partial charge is 0.338 e. The van der Waals surface area contributed by atoms with Gasteiger partial charge in [-0.3, -0.25) is 9.36 Å². The van der Waals surface area contributed by atoms with Crippen LogP contribution in [0.2, 0.25) is 0 Å². The van der Waals surface area contributed by atoms with Crippen LogP contribution in [0.5, 0.6) is 5.75 Å². The number of fused-ring (bicyclic) bond motifs is 1. The van der Waals surface area contributed by atoms with Crippen molar-refractivity contribution in [3.8, 4) is 5.75 Å². The number of hydrogen-bond acceptors (Lipinski definition) is 7. The van der Waals surface area contributed by atoms with E-state index in [1.807, 2.05) is 60.7 Å². The third kappa shape index (κ3) is 5.18. The second kappa shape index (κ2) is 11.8. The summed E-state index contributed by atoms with van der Waals surface area (Å²) in [6.45, 7) is 6.26. The van der Waals surface area contributed by atoms with Crippen LogP contribution in [0.25, 0.3) is 11.8 Å². The number of anilines is 1. The Morgan fingerprint density at radius 3 is 2.45 bits per heavy atom. The number of carbonyl (C=O) groups is 1. The molecule has 0 saturated carbocycles. The van der Waals surface area contributed by atoms with Gasteiger partial charge in [0.25, 0.3) is 5.56 Å². The lowest BCUT2D eigenvalue weighted by atomic mass is 9.93. The predicted octanol–water partition coefficient (Wildman–Crippen LogP) is 4.85. The van der Waals surface area contributed by atoms with Crippen LogP contribution in [0, 0.1) is 6.92 Å². The Bertz CT molecular complexity index is 1830. The first-order valence-electron chi connectivity index (χ1n) is 14.3. The minimum absolute atomic E-state index is 0.199. The zero-order valence-corrected chi connectivity index (χ0v) is 24.8. The van der Waals surface area contributed by atoms with E-state index in [4.69, 9.17) is 14.5 Å². The quantitative estimate of drug-likeness (QED) is 0.293. The highest BCUT2D eigenvalue weighted by Crippen LogP contribution is 2.35. The minimum atomic E-state index is -0.720. The van der Waals surface area contributed by atoms with Gasteiger partial charge in [0.15, 0.2) is 4.80 Å². The molecule has 0 N–H and O–H groups in total. The van der Waals surface area contributed by atoms with Crippen LogP contribution in [0.4, 0.5) is 5.69 Å². The Morgan fingerprint density at radius 1 is 1.05 bits per heavy atom. The number of ether oxygens (including phenoxy) is 2. The summed E-state index contributed by atoms with van der Waals surface area (Å²) in [5.74, 6) is 0.187. The Kier molecular flexibility index (Phi) is 7.80. The van der Waals surface area contributed by atoms with Crippen molar-refractivity contribution in [2.45, 2.75) is 32.7 Å². The summed E-state index contributed by atoms with van der Waals surface area (Å²) in [6.07, 6.45) is 4.36. The molecule has 3 aromatic carbocycles. The molecule has 0 aliphatic carbocycles. The van der Waals surface area contributed by atoms with Crippen molar-refractivity contribution >= 4 is 34.8 Å². The summed E-state index contributed by atoms with van der Waals surface area (Å²) >= 11 is 1.33. The van der Waals surface area contributed by atoms with Crippen molar-refractivity contribution < 1.29 is 14.3 Å². The summed E-state index contributed by atoms with van der Waals surface area (Å²) in [4.78, 5) is 35.6. The van der Waals surface area contributed by atoms with Crippen LogP contribution in [-0.4, -0.2) is 37.3 Å². The summed E-state index contributed by atoms with van der Waals surface area (Å²) in [6, 6.07) is 22.6. The third-order valence-electron chi connectivity index (χ3n) is 7.77. The molecule has 1 atom stereocenters. The highest BCUT2D eigenvalue weighted by atomic mass is 32.1. The standard InChI is InChI=1S/C34H33N3O4S/c1-4-41-33(39)29-30(24-10-6-5-7-11-24)35-34-37(31(29)25-13-15-26(40-3)16-14-25)32(38)28(42-34)21-23-12-17-27(22(2)20-23)36-18-8-9-19-36/h5-7,10-17,20-21,31H,4,8-9,18-19H2,1-3H3/b28-21+/t31-/m0/s1. The number of hydrogen-bond donors (Lipinski definition) is 0. The van der Waals surface area contributed by atoms with Crippen molar-refractivity contribution in [1.82, 2.24) is 4.57 Å². The summed E-state index contributed by atoms with van der Waals surface area (Å²) in [7, 11) is 1.61. The lowest BCUT2D eigenvalue weighted by Crippen LogP contribution is -2.40. The number of methoxy groups -OCH3 is 1. The van der Waals surface area contributed by atoms with E-state index in [1.54, 1.807) is 18.6 Å². The normalized spacial score (nSPS) is 16.8. The predicted molar refractivity (Wildman–Crippen MR) is 167 cm³/mol. The SMILES string of the molecule is CCOC(=O)C1=C(c2ccccc2)N=c2s/c(=C/c3ccc(N4CCCC4)c(C)c3)c(=O)n2[C@H]1c1ccc(OC)cc1. The molecular formula is C34H33N3O4S. The molecule has 0 amide bonds. The van der Waals surface area contributed by atoms with Gasteiger partial charge >= 0.3 is 5.97 Å². The van der Waals surface area contributed by atoms with E-state index in [0.717, 1.165) is 29.8 Å². The number of esters is 1. The minimum Gasteiger partial charge on any atom is -0.497 e. The summed E-state index contributed by atoms with van der Waals surface area (Å²) in [5, 5.41) is 0. The summed E-state index contributed by atoms with van der Waals surface area (Å²) in [5.41, 5.74) is 5.57. The van der Waals surface area contributed by atoms with Crippen LogP contribution in [0.15, 0.2) is 88.2 Å². The molecule has 2 aliphatic rings. The Morgan fingerprint density at radius 2 is 1.79 bits per heavy atom. The number of nitrogens with zero attached hydrogens (tertiary/aromatic N) is 3. The first-order valence-corrected chi connectivity index (χ1v) is 15.1. The molecule has 1 saturated heterocycles. The maximum Gasteiger partial charge on any atom is 0.338 e. The number of carbonyl (C=O) groups excluding carboxylic acids is 1. The molecule has 3 heterocycles. The van der Waals surface area contributed by atoms with Gasteiger partial charge in [-0.15, -0.1) is 0 Å². The fraction of sp³-hybridized carbons (Fsp3) is 0.265. The van der Waals surface area contributed by atoms with E-state index in [-0.39, 0.29) is 12.2 Å². The molecule has 1 fully saturated rings. The molecule has 6 rings (SSSR count). The first kappa shape index (κ1) is 27.7. The number of thiazole rings is 1. The van der Waals surface area contributed by atoms with Gasteiger partial charge in [-0.2, -0.15) is 0 Å². The molecule has 42 heavy (non-hydrogen) atoms. The Labute approximate surface area is 248 Å². The highest BCUT2D eigenvalue weighted by Gasteiger charge is 2.35. The molecule has 0 spiro atoms. The number of rotatable bonds is 7. The van der Waals surface area contributed by atoms with Gasteiger partial charge in [-0.25, -0.2) is 9.79 Å². The molecular weight excluding hydrogens is 546 g/mol. The van der Waals surface area contributed by atoms with E-state index in [1.165, 1.54) is 35.4 Å². The van der Waals surface area contributed by atoms with Crippen molar-refractivity contribution in [3.05, 3.63) is 120 Å². The van der Waals surface area contributed by atoms with Crippen LogP contribution in [-0.2, 0) is 9.53 Å². The van der Waals surface area contributed by atoms with Gasteiger partial charge < -0.3 is 14.4 Å². The van der Waals surface area contributed by atoms with E-state index in [0.29, 0.717) is 26.4 Å². The third-order valence-corrected chi connectivity index (χ3v) is 8.75. The van der Waals surface area contributed by atoms with Crippen LogP contribution >= 0.6 is 11.3 Å². The lowest BCUT2D eigenvalue weighted by molar-refractivity contribution is -0.138. The van der Waals surface area contributed by atoms with Gasteiger partial charge in [0, 0.05) is 24.3 Å². The first-order chi connectivity index (χ1) is 20.5. The molecule has 0 bridgehead atoms. The fourth-order valence-electron chi connectivity index (χ4n) is 5.77. The molecule has 8 heteroatoms. The molecule has 214 valence electrons. The molecule has 0 radical (unpaired) electrons. The van der Waals surface area contributed by atoms with Crippen LogP contribution < -0.4 is 24.5 Å².